The Morgan fingerprint density at radius 2 is 2.00 bits per heavy atom. The average Bonchev–Trinajstić information content (AvgIpc) is 3.24. The molecule has 6 nitrogen and oxygen atoms in total. The number of hydrogen-bond donors (Lipinski definition) is 1. The monoisotopic (exact) mass is 367 g/mol. The van der Waals surface area contributed by atoms with Gasteiger partial charge in [0.05, 0.1) is 23.2 Å². The van der Waals surface area contributed by atoms with E-state index in [4.69, 9.17) is 4.74 Å². The highest BCUT2D eigenvalue weighted by Crippen LogP contribution is 2.29. The molecule has 0 aliphatic carbocycles. The van der Waals surface area contributed by atoms with E-state index in [1.54, 1.807) is 24.1 Å². The molecule has 1 atom stereocenters. The largest absolute Gasteiger partial charge is 0.497 e. The van der Waals surface area contributed by atoms with Crippen LogP contribution in [0.4, 0.5) is 10.8 Å². The molecular weight excluding hydrogens is 350 g/mol. The van der Waals surface area contributed by atoms with E-state index in [0.717, 1.165) is 21.7 Å². The Morgan fingerprint density at radius 3 is 2.73 bits per heavy atom. The van der Waals surface area contributed by atoms with Gasteiger partial charge in [0, 0.05) is 18.7 Å². The number of nitrogens with one attached hydrogen (secondary N) is 1. The Bertz CT molecular complexity index is 935. The normalized spacial score (nSPS) is 16.9. The summed E-state index contributed by atoms with van der Waals surface area (Å²) in [5.41, 5.74) is 1.63. The molecule has 1 aliphatic rings. The molecule has 2 amide bonds. The molecule has 7 heteroatoms. The minimum atomic E-state index is -0.392. The lowest BCUT2D eigenvalue weighted by Gasteiger charge is -2.16. The minimum Gasteiger partial charge on any atom is -0.497 e. The summed E-state index contributed by atoms with van der Waals surface area (Å²) in [5.74, 6) is 0.107. The van der Waals surface area contributed by atoms with E-state index in [-0.39, 0.29) is 18.2 Å². The molecule has 0 saturated carbocycles. The summed E-state index contributed by atoms with van der Waals surface area (Å²) in [4.78, 5) is 31.0. The second-order valence-corrected chi connectivity index (χ2v) is 7.11. The molecule has 4 rings (SSSR count). The van der Waals surface area contributed by atoms with Crippen molar-refractivity contribution in [3.63, 3.8) is 0 Å². The fourth-order valence-electron chi connectivity index (χ4n) is 3.03. The molecule has 1 saturated heterocycles. The molecular formula is C19H17N3O3S. The van der Waals surface area contributed by atoms with E-state index in [0.29, 0.717) is 11.7 Å². The van der Waals surface area contributed by atoms with Gasteiger partial charge in [-0.3, -0.25) is 9.59 Å². The van der Waals surface area contributed by atoms with Gasteiger partial charge in [-0.05, 0) is 36.4 Å². The van der Waals surface area contributed by atoms with Crippen molar-refractivity contribution in [1.29, 1.82) is 0 Å². The molecule has 1 aromatic heterocycles. The van der Waals surface area contributed by atoms with Gasteiger partial charge in [-0.25, -0.2) is 4.98 Å². The zero-order valence-electron chi connectivity index (χ0n) is 14.1. The van der Waals surface area contributed by atoms with Gasteiger partial charge >= 0.3 is 0 Å². The molecule has 0 unspecified atom stereocenters. The first kappa shape index (κ1) is 16.5. The van der Waals surface area contributed by atoms with Crippen molar-refractivity contribution >= 4 is 44.2 Å². The van der Waals surface area contributed by atoms with E-state index < -0.39 is 5.92 Å². The summed E-state index contributed by atoms with van der Waals surface area (Å²) >= 11 is 1.43. The maximum atomic E-state index is 12.6. The van der Waals surface area contributed by atoms with Crippen molar-refractivity contribution in [3.05, 3.63) is 48.5 Å². The van der Waals surface area contributed by atoms with Crippen molar-refractivity contribution in [2.45, 2.75) is 6.42 Å². The number of anilines is 2. The van der Waals surface area contributed by atoms with Crippen LogP contribution in [0.3, 0.4) is 0 Å². The van der Waals surface area contributed by atoms with Gasteiger partial charge in [0.2, 0.25) is 11.8 Å². The van der Waals surface area contributed by atoms with Gasteiger partial charge in [-0.1, -0.05) is 23.5 Å². The Labute approximate surface area is 154 Å². The fraction of sp³-hybridized carbons (Fsp3) is 0.211. The molecule has 26 heavy (non-hydrogen) atoms. The number of hydrogen-bond acceptors (Lipinski definition) is 5. The maximum Gasteiger partial charge on any atom is 0.231 e. The number of nitrogens with zero attached hydrogens (tertiary/aromatic N) is 2. The number of aromatic nitrogens is 1. The van der Waals surface area contributed by atoms with E-state index in [1.807, 2.05) is 36.4 Å². The SMILES string of the molecule is COc1ccc(N2C[C@@H](C(=O)Nc3nc4ccccc4s3)CC2=O)cc1. The predicted molar refractivity (Wildman–Crippen MR) is 102 cm³/mol. The van der Waals surface area contributed by atoms with Crippen LogP contribution in [0.15, 0.2) is 48.5 Å². The van der Waals surface area contributed by atoms with E-state index in [1.165, 1.54) is 11.3 Å². The Balaban J connectivity index is 1.46. The molecule has 2 aromatic carbocycles. The van der Waals surface area contributed by atoms with Crippen molar-refractivity contribution < 1.29 is 14.3 Å². The number of carbonyl (C=O) groups excluding carboxylic acids is 2. The third kappa shape index (κ3) is 3.13. The van der Waals surface area contributed by atoms with Gasteiger partial charge in [0.15, 0.2) is 5.13 Å². The summed E-state index contributed by atoms with van der Waals surface area (Å²) in [6.07, 6.45) is 0.197. The molecule has 1 N–H and O–H groups in total. The molecule has 132 valence electrons. The molecule has 3 aromatic rings. The van der Waals surface area contributed by atoms with Crippen LogP contribution in [-0.2, 0) is 9.59 Å². The Morgan fingerprint density at radius 1 is 1.23 bits per heavy atom. The molecule has 0 spiro atoms. The van der Waals surface area contributed by atoms with Crippen molar-refractivity contribution in [2.75, 3.05) is 23.9 Å². The van der Waals surface area contributed by atoms with Gasteiger partial charge in [0.1, 0.15) is 5.75 Å². The second-order valence-electron chi connectivity index (χ2n) is 6.08. The lowest BCUT2D eigenvalue weighted by Crippen LogP contribution is -2.28. The van der Waals surface area contributed by atoms with Crippen LogP contribution in [0.1, 0.15) is 6.42 Å². The standard InChI is InChI=1S/C19H17N3O3S/c1-25-14-8-6-13(7-9-14)22-11-12(10-17(22)23)18(24)21-19-20-15-4-2-3-5-16(15)26-19/h2-9,12H,10-11H2,1H3,(H,20,21,24)/t12-/m0/s1. The number of methoxy groups -OCH3 is 1. The topological polar surface area (TPSA) is 71.5 Å². The Kier molecular flexibility index (Phi) is 4.30. The molecule has 1 fully saturated rings. The van der Waals surface area contributed by atoms with Crippen LogP contribution in [0.5, 0.6) is 5.75 Å². The van der Waals surface area contributed by atoms with Crippen molar-refractivity contribution in [2.24, 2.45) is 5.92 Å². The van der Waals surface area contributed by atoms with Crippen LogP contribution >= 0.6 is 11.3 Å². The summed E-state index contributed by atoms with van der Waals surface area (Å²) in [7, 11) is 1.60. The number of amides is 2. The van der Waals surface area contributed by atoms with Crippen LogP contribution in [0.2, 0.25) is 0 Å². The first-order valence-corrected chi connectivity index (χ1v) is 9.06. The molecule has 0 radical (unpaired) electrons. The Hall–Kier alpha value is -2.93. The van der Waals surface area contributed by atoms with Gasteiger partial charge in [-0.15, -0.1) is 0 Å². The van der Waals surface area contributed by atoms with Crippen LogP contribution in [0, 0.1) is 5.92 Å². The lowest BCUT2D eigenvalue weighted by atomic mass is 10.1. The highest BCUT2D eigenvalue weighted by molar-refractivity contribution is 7.22. The summed E-state index contributed by atoms with van der Waals surface area (Å²) in [5, 5.41) is 3.42. The van der Waals surface area contributed by atoms with E-state index in [9.17, 15) is 9.59 Å². The number of carbonyl (C=O) groups is 2. The third-order valence-corrected chi connectivity index (χ3v) is 5.36. The minimum absolute atomic E-state index is 0.0559. The third-order valence-electron chi connectivity index (χ3n) is 4.40. The second kappa shape index (κ2) is 6.76. The zero-order chi connectivity index (χ0) is 18.1. The number of fused-ring (bicyclic) bond motifs is 1. The molecule has 1 aliphatic heterocycles. The maximum absolute atomic E-state index is 12.6. The average molecular weight is 367 g/mol. The lowest BCUT2D eigenvalue weighted by molar-refractivity contribution is -0.122. The predicted octanol–water partition coefficient (Wildman–Crippen LogP) is 3.30. The molecule has 2 heterocycles. The zero-order valence-corrected chi connectivity index (χ0v) is 15.0. The van der Waals surface area contributed by atoms with Crippen LogP contribution in [0.25, 0.3) is 10.2 Å². The molecule has 0 bridgehead atoms. The van der Waals surface area contributed by atoms with E-state index >= 15 is 0 Å². The van der Waals surface area contributed by atoms with Gasteiger partial charge in [0.25, 0.3) is 0 Å². The highest BCUT2D eigenvalue weighted by atomic mass is 32.1. The van der Waals surface area contributed by atoms with Gasteiger partial charge in [-0.2, -0.15) is 0 Å². The summed E-state index contributed by atoms with van der Waals surface area (Å²) in [6.45, 7) is 0.363. The number of ether oxygens (including phenoxy) is 1. The fourth-order valence-corrected chi connectivity index (χ4v) is 3.90. The number of para-hydroxylation sites is 1. The first-order chi connectivity index (χ1) is 12.6. The summed E-state index contributed by atoms with van der Waals surface area (Å²) < 4.78 is 6.15. The van der Waals surface area contributed by atoms with Crippen LogP contribution < -0.4 is 15.0 Å². The number of thiazole rings is 1. The summed E-state index contributed by atoms with van der Waals surface area (Å²) in [6, 6.07) is 15.0. The number of benzene rings is 2. The highest BCUT2D eigenvalue weighted by Gasteiger charge is 2.35. The van der Waals surface area contributed by atoms with Crippen molar-refractivity contribution in [3.8, 4) is 5.75 Å². The first-order valence-electron chi connectivity index (χ1n) is 8.25. The van der Waals surface area contributed by atoms with Crippen LogP contribution in [-0.4, -0.2) is 30.5 Å². The van der Waals surface area contributed by atoms with Gasteiger partial charge < -0.3 is 15.0 Å². The number of rotatable bonds is 4. The van der Waals surface area contributed by atoms with E-state index in [2.05, 4.69) is 10.3 Å². The quantitative estimate of drug-likeness (QED) is 0.768. The smallest absolute Gasteiger partial charge is 0.231 e. The van der Waals surface area contributed by atoms with Crippen molar-refractivity contribution in [1.82, 2.24) is 4.98 Å².